The molecule has 0 aromatic carbocycles. The molecule has 7 heteroatoms. The van der Waals surface area contributed by atoms with Gasteiger partial charge in [0.1, 0.15) is 0 Å². The van der Waals surface area contributed by atoms with Gasteiger partial charge in [-0.15, -0.1) is 0 Å². The highest BCUT2D eigenvalue weighted by atomic mass is 32.1. The molecule has 1 saturated heterocycles. The van der Waals surface area contributed by atoms with Gasteiger partial charge in [-0.1, -0.05) is 11.3 Å². The third kappa shape index (κ3) is 2.68. The maximum absolute atomic E-state index is 12.2. The second-order valence-corrected chi connectivity index (χ2v) is 5.50. The van der Waals surface area contributed by atoms with E-state index < -0.39 is 4.92 Å². The average Bonchev–Trinajstić information content (AvgIpc) is 2.75. The highest BCUT2D eigenvalue weighted by Gasteiger charge is 2.27. The van der Waals surface area contributed by atoms with Gasteiger partial charge in [0.25, 0.3) is 5.91 Å². The Morgan fingerprint density at radius 3 is 2.61 bits per heavy atom. The number of thiophene rings is 1. The molecule has 1 aliphatic rings. The fraction of sp³-hybridized carbons (Fsp3) is 0.545. The monoisotopic (exact) mass is 269 g/mol. The SMILES string of the molecule is CC1CN(C(=O)c2csc([N+](=O)[O-])c2)CC(C)N1. The number of carbonyl (C=O) groups is 1. The van der Waals surface area contributed by atoms with Crippen LogP contribution in [-0.2, 0) is 0 Å². The maximum atomic E-state index is 12.2. The number of rotatable bonds is 2. The molecule has 0 spiro atoms. The summed E-state index contributed by atoms with van der Waals surface area (Å²) in [5.74, 6) is -0.125. The van der Waals surface area contributed by atoms with Crippen molar-refractivity contribution in [3.8, 4) is 0 Å². The molecule has 1 N–H and O–H groups in total. The van der Waals surface area contributed by atoms with Crippen LogP contribution in [0.3, 0.4) is 0 Å². The van der Waals surface area contributed by atoms with Crippen molar-refractivity contribution in [2.75, 3.05) is 13.1 Å². The van der Waals surface area contributed by atoms with Gasteiger partial charge in [-0.3, -0.25) is 14.9 Å². The maximum Gasteiger partial charge on any atom is 0.324 e. The van der Waals surface area contributed by atoms with E-state index in [4.69, 9.17) is 0 Å². The van der Waals surface area contributed by atoms with Crippen molar-refractivity contribution in [3.05, 3.63) is 27.1 Å². The van der Waals surface area contributed by atoms with Gasteiger partial charge in [0, 0.05) is 36.6 Å². The van der Waals surface area contributed by atoms with Crippen LogP contribution in [0.25, 0.3) is 0 Å². The fourth-order valence-electron chi connectivity index (χ4n) is 2.21. The first-order chi connectivity index (χ1) is 8.47. The van der Waals surface area contributed by atoms with E-state index in [1.807, 2.05) is 13.8 Å². The second-order valence-electron chi connectivity index (χ2n) is 4.61. The molecule has 1 aliphatic heterocycles. The smallest absolute Gasteiger partial charge is 0.324 e. The Morgan fingerprint density at radius 2 is 2.11 bits per heavy atom. The predicted molar refractivity (Wildman–Crippen MR) is 68.9 cm³/mol. The largest absolute Gasteiger partial charge is 0.336 e. The van der Waals surface area contributed by atoms with Crippen molar-refractivity contribution in [2.24, 2.45) is 0 Å². The van der Waals surface area contributed by atoms with Crippen LogP contribution in [0.4, 0.5) is 5.00 Å². The normalized spacial score (nSPS) is 24.0. The van der Waals surface area contributed by atoms with Crippen LogP contribution in [0.15, 0.2) is 11.4 Å². The number of nitrogens with one attached hydrogen (secondary N) is 1. The average molecular weight is 269 g/mol. The summed E-state index contributed by atoms with van der Waals surface area (Å²) in [5.41, 5.74) is 0.410. The van der Waals surface area contributed by atoms with Crippen molar-refractivity contribution in [1.82, 2.24) is 10.2 Å². The van der Waals surface area contributed by atoms with Crippen LogP contribution in [0, 0.1) is 10.1 Å². The van der Waals surface area contributed by atoms with E-state index in [1.54, 1.807) is 10.3 Å². The molecule has 0 bridgehead atoms. The molecule has 2 atom stereocenters. The molecule has 6 nitrogen and oxygen atoms in total. The molecule has 18 heavy (non-hydrogen) atoms. The molecule has 2 rings (SSSR count). The van der Waals surface area contributed by atoms with E-state index in [0.717, 1.165) is 11.3 Å². The summed E-state index contributed by atoms with van der Waals surface area (Å²) < 4.78 is 0. The Labute approximate surface area is 109 Å². The first-order valence-corrected chi connectivity index (χ1v) is 6.63. The summed E-state index contributed by atoms with van der Waals surface area (Å²) in [6, 6.07) is 1.84. The number of nitro groups is 1. The molecule has 2 heterocycles. The Hall–Kier alpha value is -1.47. The Bertz CT molecular complexity index is 464. The zero-order valence-corrected chi connectivity index (χ0v) is 11.1. The van der Waals surface area contributed by atoms with Crippen molar-refractivity contribution in [1.29, 1.82) is 0 Å². The summed E-state index contributed by atoms with van der Waals surface area (Å²) in [6.45, 7) is 5.30. The van der Waals surface area contributed by atoms with Gasteiger partial charge in [0.05, 0.1) is 10.5 Å². The van der Waals surface area contributed by atoms with Gasteiger partial charge >= 0.3 is 5.00 Å². The number of hydrogen-bond donors (Lipinski definition) is 1. The number of piperazine rings is 1. The standard InChI is InChI=1S/C11H15N3O3S/c1-7-4-13(5-8(2)12-7)11(15)9-3-10(14(16)17)18-6-9/h3,6-8,12H,4-5H2,1-2H3. The van der Waals surface area contributed by atoms with E-state index in [-0.39, 0.29) is 23.0 Å². The Kier molecular flexibility index (Phi) is 3.63. The summed E-state index contributed by atoms with van der Waals surface area (Å²) >= 11 is 0.989. The summed E-state index contributed by atoms with van der Waals surface area (Å²) in [5, 5.41) is 15.5. The van der Waals surface area contributed by atoms with E-state index in [0.29, 0.717) is 18.7 Å². The molecule has 98 valence electrons. The van der Waals surface area contributed by atoms with E-state index in [9.17, 15) is 14.9 Å². The van der Waals surface area contributed by atoms with Crippen LogP contribution in [0.2, 0.25) is 0 Å². The molecule has 2 unspecified atom stereocenters. The van der Waals surface area contributed by atoms with Crippen LogP contribution in [0.5, 0.6) is 0 Å². The van der Waals surface area contributed by atoms with Crippen molar-refractivity contribution >= 4 is 22.2 Å². The fourth-order valence-corrected chi connectivity index (χ4v) is 2.91. The van der Waals surface area contributed by atoms with Crippen molar-refractivity contribution in [3.63, 3.8) is 0 Å². The van der Waals surface area contributed by atoms with Gasteiger partial charge in [0.15, 0.2) is 0 Å². The first kappa shape index (κ1) is 13.0. The minimum absolute atomic E-state index is 0.00887. The molecule has 0 aliphatic carbocycles. The quantitative estimate of drug-likeness (QED) is 0.651. The van der Waals surface area contributed by atoms with Crippen LogP contribution >= 0.6 is 11.3 Å². The zero-order valence-electron chi connectivity index (χ0n) is 10.3. The predicted octanol–water partition coefficient (Wildman–Crippen LogP) is 1.48. The van der Waals surface area contributed by atoms with E-state index >= 15 is 0 Å². The van der Waals surface area contributed by atoms with Gasteiger partial charge in [-0.05, 0) is 13.8 Å². The summed E-state index contributed by atoms with van der Waals surface area (Å²) in [4.78, 5) is 24.1. The third-order valence-corrected chi connectivity index (χ3v) is 3.74. The highest BCUT2D eigenvalue weighted by molar-refractivity contribution is 7.13. The van der Waals surface area contributed by atoms with Gasteiger partial charge < -0.3 is 10.2 Å². The van der Waals surface area contributed by atoms with Crippen LogP contribution < -0.4 is 5.32 Å². The lowest BCUT2D eigenvalue weighted by molar-refractivity contribution is -0.380. The summed E-state index contributed by atoms with van der Waals surface area (Å²) in [6.07, 6.45) is 0. The number of hydrogen-bond acceptors (Lipinski definition) is 5. The Balaban J connectivity index is 2.12. The summed E-state index contributed by atoms with van der Waals surface area (Å²) in [7, 11) is 0. The topological polar surface area (TPSA) is 75.5 Å². The van der Waals surface area contributed by atoms with E-state index in [2.05, 4.69) is 5.32 Å². The lowest BCUT2D eigenvalue weighted by Gasteiger charge is -2.36. The number of amides is 1. The van der Waals surface area contributed by atoms with Gasteiger partial charge in [-0.2, -0.15) is 0 Å². The first-order valence-electron chi connectivity index (χ1n) is 5.75. The van der Waals surface area contributed by atoms with Crippen LogP contribution in [-0.4, -0.2) is 40.9 Å². The van der Waals surface area contributed by atoms with Crippen molar-refractivity contribution in [2.45, 2.75) is 25.9 Å². The molecule has 1 amide bonds. The van der Waals surface area contributed by atoms with Crippen molar-refractivity contribution < 1.29 is 9.72 Å². The number of carbonyl (C=O) groups excluding carboxylic acids is 1. The highest BCUT2D eigenvalue weighted by Crippen LogP contribution is 2.24. The Morgan fingerprint density at radius 1 is 1.50 bits per heavy atom. The molecular weight excluding hydrogens is 254 g/mol. The van der Waals surface area contributed by atoms with Crippen LogP contribution in [0.1, 0.15) is 24.2 Å². The minimum Gasteiger partial charge on any atom is -0.336 e. The molecule has 0 radical (unpaired) electrons. The lowest BCUT2D eigenvalue weighted by atomic mass is 10.1. The van der Waals surface area contributed by atoms with Gasteiger partial charge in [-0.25, -0.2) is 0 Å². The molecular formula is C11H15N3O3S. The van der Waals surface area contributed by atoms with Gasteiger partial charge in [0.2, 0.25) is 0 Å². The molecule has 1 aromatic heterocycles. The van der Waals surface area contributed by atoms with E-state index in [1.165, 1.54) is 6.07 Å². The zero-order chi connectivity index (χ0) is 13.3. The third-order valence-electron chi connectivity index (χ3n) is 2.86. The molecule has 1 fully saturated rings. The second kappa shape index (κ2) is 5.03. The minimum atomic E-state index is -0.468. The lowest BCUT2D eigenvalue weighted by Crippen LogP contribution is -2.55. The number of nitrogens with zero attached hydrogens (tertiary/aromatic N) is 2. The molecule has 0 saturated carbocycles. The molecule has 1 aromatic rings.